The third kappa shape index (κ3) is 4.19. The maximum Gasteiger partial charge on any atom is 0.222 e. The van der Waals surface area contributed by atoms with Crippen LogP contribution in [0.15, 0.2) is 24.3 Å². The Balaban J connectivity index is 2.51. The van der Waals surface area contributed by atoms with Crippen molar-refractivity contribution in [1.82, 2.24) is 5.32 Å². The summed E-state index contributed by atoms with van der Waals surface area (Å²) in [6.45, 7) is 6.02. The molecule has 1 aromatic rings. The van der Waals surface area contributed by atoms with Gasteiger partial charge in [-0.05, 0) is 17.5 Å². The average Bonchev–Trinajstić information content (AvgIpc) is 2.35. The van der Waals surface area contributed by atoms with E-state index in [0.29, 0.717) is 0 Å². The van der Waals surface area contributed by atoms with E-state index in [2.05, 4.69) is 12.2 Å². The van der Waals surface area contributed by atoms with Gasteiger partial charge in [-0.3, -0.25) is 4.79 Å². The Labute approximate surface area is 103 Å². The van der Waals surface area contributed by atoms with E-state index in [0.717, 1.165) is 12.0 Å². The molecule has 1 unspecified atom stereocenters. The number of nitrogens with one attached hydrogen (secondary N) is 1. The topological polar surface area (TPSA) is 49.3 Å². The number of carbonyl (C=O) groups is 1. The number of hydrogen-bond acceptors (Lipinski definition) is 2. The van der Waals surface area contributed by atoms with Crippen molar-refractivity contribution in [2.45, 2.75) is 33.3 Å². The van der Waals surface area contributed by atoms with Crippen molar-refractivity contribution in [3.8, 4) is 0 Å². The molecule has 0 aliphatic rings. The summed E-state index contributed by atoms with van der Waals surface area (Å²) in [6, 6.07) is 7.82. The normalized spacial score (nSPS) is 12.5. The highest BCUT2D eigenvalue weighted by Gasteiger charge is 2.11. The summed E-state index contributed by atoms with van der Waals surface area (Å²) in [4.78, 5) is 11.4. The molecule has 0 fully saturated rings. The molecule has 0 heterocycles. The smallest absolute Gasteiger partial charge is 0.222 e. The lowest BCUT2D eigenvalue weighted by molar-refractivity contribution is -0.124. The van der Waals surface area contributed by atoms with Crippen LogP contribution in [0.2, 0.25) is 0 Å². The zero-order chi connectivity index (χ0) is 12.8. The van der Waals surface area contributed by atoms with Crippen molar-refractivity contribution in [2.24, 2.45) is 5.92 Å². The van der Waals surface area contributed by atoms with Crippen molar-refractivity contribution in [1.29, 1.82) is 0 Å². The summed E-state index contributed by atoms with van der Waals surface area (Å²) in [7, 11) is 0. The Hall–Kier alpha value is -1.35. The van der Waals surface area contributed by atoms with Crippen LogP contribution in [0.25, 0.3) is 0 Å². The number of aliphatic hydroxyl groups excluding tert-OH is 1. The van der Waals surface area contributed by atoms with Gasteiger partial charge >= 0.3 is 0 Å². The van der Waals surface area contributed by atoms with E-state index in [1.807, 2.05) is 38.1 Å². The summed E-state index contributed by atoms with van der Waals surface area (Å²) in [6.07, 6.45) is 0.351. The summed E-state index contributed by atoms with van der Waals surface area (Å²) >= 11 is 0. The Morgan fingerprint density at radius 1 is 1.29 bits per heavy atom. The molecule has 0 aromatic heterocycles. The minimum Gasteiger partial charge on any atom is -0.387 e. The van der Waals surface area contributed by atoms with Crippen molar-refractivity contribution in [3.05, 3.63) is 35.4 Å². The van der Waals surface area contributed by atoms with Crippen molar-refractivity contribution in [3.63, 3.8) is 0 Å². The predicted molar refractivity (Wildman–Crippen MR) is 68.6 cm³/mol. The molecule has 0 aliphatic carbocycles. The molecule has 0 radical (unpaired) electrons. The molecule has 1 amide bonds. The maximum atomic E-state index is 11.4. The lowest BCUT2D eigenvalue weighted by Crippen LogP contribution is -2.31. The van der Waals surface area contributed by atoms with Crippen LogP contribution in [-0.2, 0) is 11.2 Å². The lowest BCUT2D eigenvalue weighted by Gasteiger charge is -2.13. The largest absolute Gasteiger partial charge is 0.387 e. The second-order valence-electron chi connectivity index (χ2n) is 4.51. The predicted octanol–water partition coefficient (Wildman–Crippen LogP) is 2.05. The SMILES string of the molecule is CCc1ccc(C(O)CNC(=O)C(C)C)cc1. The summed E-state index contributed by atoms with van der Waals surface area (Å²) < 4.78 is 0. The second-order valence-corrected chi connectivity index (χ2v) is 4.51. The highest BCUT2D eigenvalue weighted by molar-refractivity contribution is 5.77. The molecule has 2 N–H and O–H groups in total. The van der Waals surface area contributed by atoms with Gasteiger partial charge in [0.1, 0.15) is 0 Å². The first kappa shape index (κ1) is 13.7. The third-order valence-electron chi connectivity index (χ3n) is 2.77. The fourth-order valence-electron chi connectivity index (χ4n) is 1.49. The molecular weight excluding hydrogens is 214 g/mol. The molecule has 0 saturated carbocycles. The number of hydrogen-bond donors (Lipinski definition) is 2. The summed E-state index contributed by atoms with van der Waals surface area (Å²) in [5.41, 5.74) is 2.08. The molecule has 1 rings (SSSR count). The maximum absolute atomic E-state index is 11.4. The zero-order valence-electron chi connectivity index (χ0n) is 10.7. The van der Waals surface area contributed by atoms with Gasteiger partial charge in [-0.15, -0.1) is 0 Å². The Bertz CT molecular complexity index is 357. The van der Waals surface area contributed by atoms with Crippen LogP contribution in [0, 0.1) is 5.92 Å². The first-order valence-corrected chi connectivity index (χ1v) is 6.09. The van der Waals surface area contributed by atoms with Crippen molar-refractivity contribution < 1.29 is 9.90 Å². The van der Waals surface area contributed by atoms with Gasteiger partial charge in [0.2, 0.25) is 5.91 Å². The molecule has 1 aromatic carbocycles. The van der Waals surface area contributed by atoms with Crippen molar-refractivity contribution >= 4 is 5.91 Å². The van der Waals surface area contributed by atoms with E-state index in [-0.39, 0.29) is 18.4 Å². The molecule has 0 spiro atoms. The first-order valence-electron chi connectivity index (χ1n) is 6.09. The van der Waals surface area contributed by atoms with E-state index in [9.17, 15) is 9.90 Å². The molecule has 3 heteroatoms. The molecular formula is C14H21NO2. The van der Waals surface area contributed by atoms with Gasteiger partial charge in [0.25, 0.3) is 0 Å². The molecule has 0 aliphatic heterocycles. The summed E-state index contributed by atoms with van der Waals surface area (Å²) in [5.74, 6) is -0.0844. The van der Waals surface area contributed by atoms with Gasteiger partial charge < -0.3 is 10.4 Å². The van der Waals surface area contributed by atoms with E-state index in [4.69, 9.17) is 0 Å². The van der Waals surface area contributed by atoms with E-state index < -0.39 is 6.10 Å². The number of amides is 1. The minimum absolute atomic E-state index is 0.0331. The molecule has 94 valence electrons. The van der Waals surface area contributed by atoms with Crippen LogP contribution in [-0.4, -0.2) is 17.6 Å². The highest BCUT2D eigenvalue weighted by atomic mass is 16.3. The molecule has 3 nitrogen and oxygen atoms in total. The third-order valence-corrected chi connectivity index (χ3v) is 2.77. The van der Waals surface area contributed by atoms with Crippen LogP contribution >= 0.6 is 0 Å². The monoisotopic (exact) mass is 235 g/mol. The Kier molecular flexibility index (Phi) is 5.16. The second kappa shape index (κ2) is 6.40. The quantitative estimate of drug-likeness (QED) is 0.820. The molecule has 1 atom stereocenters. The standard InChI is InChI=1S/C14H21NO2/c1-4-11-5-7-12(8-6-11)13(16)9-15-14(17)10(2)3/h5-8,10,13,16H,4,9H2,1-3H3,(H,15,17). The molecule has 0 saturated heterocycles. The summed E-state index contributed by atoms with van der Waals surface area (Å²) in [5, 5.41) is 12.6. The van der Waals surface area contributed by atoms with Gasteiger partial charge in [-0.1, -0.05) is 45.0 Å². The van der Waals surface area contributed by atoms with Gasteiger partial charge in [0, 0.05) is 12.5 Å². The van der Waals surface area contributed by atoms with Crippen molar-refractivity contribution in [2.75, 3.05) is 6.54 Å². The number of benzene rings is 1. The number of aliphatic hydroxyl groups is 1. The van der Waals surface area contributed by atoms with E-state index in [1.54, 1.807) is 0 Å². The van der Waals surface area contributed by atoms with E-state index in [1.165, 1.54) is 5.56 Å². The van der Waals surface area contributed by atoms with Gasteiger partial charge in [0.05, 0.1) is 6.10 Å². The zero-order valence-corrected chi connectivity index (χ0v) is 10.7. The highest BCUT2D eigenvalue weighted by Crippen LogP contribution is 2.13. The van der Waals surface area contributed by atoms with Crippen LogP contribution in [0.4, 0.5) is 0 Å². The van der Waals surface area contributed by atoms with Gasteiger partial charge in [-0.2, -0.15) is 0 Å². The molecule has 17 heavy (non-hydrogen) atoms. The van der Waals surface area contributed by atoms with Crippen LogP contribution in [0.3, 0.4) is 0 Å². The first-order chi connectivity index (χ1) is 8.04. The van der Waals surface area contributed by atoms with Crippen LogP contribution < -0.4 is 5.32 Å². The number of aryl methyl sites for hydroxylation is 1. The average molecular weight is 235 g/mol. The lowest BCUT2D eigenvalue weighted by atomic mass is 10.1. The minimum atomic E-state index is -0.636. The number of rotatable bonds is 5. The van der Waals surface area contributed by atoms with E-state index >= 15 is 0 Å². The van der Waals surface area contributed by atoms with Crippen LogP contribution in [0.1, 0.15) is 38.0 Å². The Morgan fingerprint density at radius 2 is 1.88 bits per heavy atom. The Morgan fingerprint density at radius 3 is 2.35 bits per heavy atom. The van der Waals surface area contributed by atoms with Gasteiger partial charge in [-0.25, -0.2) is 0 Å². The molecule has 0 bridgehead atoms. The fraction of sp³-hybridized carbons (Fsp3) is 0.500. The van der Waals surface area contributed by atoms with Gasteiger partial charge in [0.15, 0.2) is 0 Å². The number of carbonyl (C=O) groups excluding carboxylic acids is 1. The van der Waals surface area contributed by atoms with Crippen LogP contribution in [0.5, 0.6) is 0 Å². The fourth-order valence-corrected chi connectivity index (χ4v) is 1.49.